The van der Waals surface area contributed by atoms with Gasteiger partial charge in [-0.3, -0.25) is 20.4 Å². The van der Waals surface area contributed by atoms with Crippen LogP contribution in [0, 0.1) is 10.8 Å². The molecule has 32 heavy (non-hydrogen) atoms. The number of ether oxygens (including phenoxy) is 2. The Morgan fingerprint density at radius 3 is 1.25 bits per heavy atom. The van der Waals surface area contributed by atoms with Crippen molar-refractivity contribution in [3.8, 4) is 0 Å². The Morgan fingerprint density at radius 1 is 0.625 bits per heavy atom. The molecule has 2 aromatic rings. The monoisotopic (exact) mass is 440 g/mol. The zero-order chi connectivity index (χ0) is 23.3. The molecule has 0 heterocycles. The van der Waals surface area contributed by atoms with Gasteiger partial charge in [0, 0.05) is 35.3 Å². The number of nitrogen functional groups attached to an aromatic ring is 2. The summed E-state index contributed by atoms with van der Waals surface area (Å²) < 4.78 is 10.8. The summed E-state index contributed by atoms with van der Waals surface area (Å²) in [4.78, 5) is 24.0. The summed E-state index contributed by atoms with van der Waals surface area (Å²) in [6.07, 6.45) is 0. The van der Waals surface area contributed by atoms with Gasteiger partial charge in [0.2, 0.25) is 0 Å². The first-order chi connectivity index (χ1) is 15.4. The first kappa shape index (κ1) is 24.5. The van der Waals surface area contributed by atoms with Crippen LogP contribution in [0.3, 0.4) is 0 Å². The smallest absolute Gasteiger partial charge is 0.251 e. The molecule has 10 heteroatoms. The van der Waals surface area contributed by atoms with Gasteiger partial charge in [-0.05, 0) is 24.3 Å². The minimum atomic E-state index is -0.230. The highest BCUT2D eigenvalue weighted by Gasteiger charge is 2.06. The predicted molar refractivity (Wildman–Crippen MR) is 121 cm³/mol. The Hall–Kier alpha value is -3.76. The molecule has 0 aromatic heterocycles. The van der Waals surface area contributed by atoms with Crippen molar-refractivity contribution in [1.82, 2.24) is 10.6 Å². The molecule has 0 saturated carbocycles. The highest BCUT2D eigenvalue weighted by Crippen LogP contribution is 2.04. The van der Waals surface area contributed by atoms with Gasteiger partial charge in [-0.15, -0.1) is 0 Å². The second kappa shape index (κ2) is 12.8. The zero-order valence-corrected chi connectivity index (χ0v) is 17.6. The first-order valence-corrected chi connectivity index (χ1v) is 9.99. The van der Waals surface area contributed by atoms with E-state index in [0.717, 1.165) is 0 Å². The van der Waals surface area contributed by atoms with Crippen molar-refractivity contribution >= 4 is 23.5 Å². The minimum Gasteiger partial charge on any atom is -0.384 e. The summed E-state index contributed by atoms with van der Waals surface area (Å²) in [6, 6.07) is 12.9. The number of hydrogen-bond acceptors (Lipinski definition) is 6. The quantitative estimate of drug-likeness (QED) is 0.150. The van der Waals surface area contributed by atoms with Crippen LogP contribution < -0.4 is 22.1 Å². The van der Waals surface area contributed by atoms with Crippen LogP contribution in [-0.4, -0.2) is 63.0 Å². The zero-order valence-electron chi connectivity index (χ0n) is 17.6. The van der Waals surface area contributed by atoms with Gasteiger partial charge in [0.05, 0.1) is 26.4 Å². The SMILES string of the molecule is N=C(N)c1ccc(C(=O)NCCOCCOCCNC(=O)c2ccc(C(=N)N)cc2)cc1. The Labute approximate surface area is 186 Å². The molecule has 0 aliphatic heterocycles. The van der Waals surface area contributed by atoms with Crippen molar-refractivity contribution in [1.29, 1.82) is 10.8 Å². The van der Waals surface area contributed by atoms with Crippen molar-refractivity contribution in [3.63, 3.8) is 0 Å². The Bertz CT molecular complexity index is 851. The van der Waals surface area contributed by atoms with Gasteiger partial charge in [0.1, 0.15) is 11.7 Å². The maximum absolute atomic E-state index is 12.0. The van der Waals surface area contributed by atoms with E-state index < -0.39 is 0 Å². The second-order valence-electron chi connectivity index (χ2n) is 6.72. The molecule has 0 aliphatic rings. The number of hydrogen-bond donors (Lipinski definition) is 6. The summed E-state index contributed by atoms with van der Waals surface area (Å²) in [5.41, 5.74) is 12.9. The maximum Gasteiger partial charge on any atom is 0.251 e. The fourth-order valence-corrected chi connectivity index (χ4v) is 2.60. The van der Waals surface area contributed by atoms with Gasteiger partial charge in [0.25, 0.3) is 11.8 Å². The lowest BCUT2D eigenvalue weighted by molar-refractivity contribution is 0.0486. The van der Waals surface area contributed by atoms with E-state index in [9.17, 15) is 9.59 Å². The molecule has 0 fully saturated rings. The summed E-state index contributed by atoms with van der Waals surface area (Å²) >= 11 is 0. The molecule has 0 atom stereocenters. The summed E-state index contributed by atoms with van der Waals surface area (Å²) in [5, 5.41) is 20.2. The number of nitrogens with one attached hydrogen (secondary N) is 4. The molecular formula is C22H28N6O4. The Morgan fingerprint density at radius 2 is 0.938 bits per heavy atom. The first-order valence-electron chi connectivity index (χ1n) is 9.99. The number of carbonyl (C=O) groups excluding carboxylic acids is 2. The topological polar surface area (TPSA) is 176 Å². The number of carbonyl (C=O) groups is 2. The third-order valence-corrected chi connectivity index (χ3v) is 4.35. The molecule has 2 aromatic carbocycles. The van der Waals surface area contributed by atoms with Crippen molar-refractivity contribution in [3.05, 3.63) is 70.8 Å². The fourth-order valence-electron chi connectivity index (χ4n) is 2.60. The van der Waals surface area contributed by atoms with Gasteiger partial charge in [-0.1, -0.05) is 24.3 Å². The van der Waals surface area contributed by atoms with E-state index >= 15 is 0 Å². The molecule has 8 N–H and O–H groups in total. The maximum atomic E-state index is 12.0. The van der Waals surface area contributed by atoms with E-state index in [1.807, 2.05) is 0 Å². The van der Waals surface area contributed by atoms with E-state index in [-0.39, 0.29) is 23.5 Å². The standard InChI is InChI=1S/C22H28N6O4/c23-19(24)15-1-5-17(6-2-15)21(29)27-9-11-31-13-14-32-12-10-28-22(30)18-7-3-16(4-8-18)20(25)26/h1-8H,9-14H2,(H3,23,24)(H3,25,26)(H,27,29)(H,28,30). The van der Waals surface area contributed by atoms with Gasteiger partial charge in [0.15, 0.2) is 0 Å². The highest BCUT2D eigenvalue weighted by atomic mass is 16.5. The number of amidine groups is 2. The van der Waals surface area contributed by atoms with E-state index in [4.69, 9.17) is 31.8 Å². The van der Waals surface area contributed by atoms with Crippen LogP contribution in [0.2, 0.25) is 0 Å². The van der Waals surface area contributed by atoms with Crippen LogP contribution >= 0.6 is 0 Å². The van der Waals surface area contributed by atoms with E-state index in [0.29, 0.717) is 61.8 Å². The summed E-state index contributed by atoms with van der Waals surface area (Å²) in [6.45, 7) is 2.12. The average Bonchev–Trinajstić information content (AvgIpc) is 2.80. The Kier molecular flexibility index (Phi) is 9.82. The predicted octanol–water partition coefficient (Wildman–Crippen LogP) is 0.448. The number of nitrogens with two attached hydrogens (primary N) is 2. The highest BCUT2D eigenvalue weighted by molar-refractivity contribution is 5.98. The molecule has 0 saturated heterocycles. The molecule has 2 rings (SSSR count). The summed E-state index contributed by atoms with van der Waals surface area (Å²) in [5.74, 6) is -0.552. The van der Waals surface area contributed by atoms with Gasteiger partial charge in [-0.25, -0.2) is 0 Å². The fraction of sp³-hybridized carbons (Fsp3) is 0.273. The van der Waals surface area contributed by atoms with Crippen molar-refractivity contribution in [2.75, 3.05) is 39.5 Å². The van der Waals surface area contributed by atoms with Crippen LogP contribution in [0.25, 0.3) is 0 Å². The lowest BCUT2D eigenvalue weighted by atomic mass is 10.1. The van der Waals surface area contributed by atoms with E-state index in [1.54, 1.807) is 48.5 Å². The third kappa shape index (κ3) is 8.17. The molecule has 0 spiro atoms. The molecule has 170 valence electrons. The van der Waals surface area contributed by atoms with Crippen molar-refractivity contribution < 1.29 is 19.1 Å². The Balaban J connectivity index is 1.49. The number of benzene rings is 2. The van der Waals surface area contributed by atoms with Crippen LogP contribution in [-0.2, 0) is 9.47 Å². The van der Waals surface area contributed by atoms with E-state index in [2.05, 4.69) is 10.6 Å². The molecule has 0 radical (unpaired) electrons. The largest absolute Gasteiger partial charge is 0.384 e. The lowest BCUT2D eigenvalue weighted by Crippen LogP contribution is -2.28. The van der Waals surface area contributed by atoms with Gasteiger partial charge < -0.3 is 31.6 Å². The average molecular weight is 441 g/mol. The van der Waals surface area contributed by atoms with Gasteiger partial charge >= 0.3 is 0 Å². The van der Waals surface area contributed by atoms with Crippen LogP contribution in [0.5, 0.6) is 0 Å². The molecule has 0 bridgehead atoms. The molecule has 0 aliphatic carbocycles. The summed E-state index contributed by atoms with van der Waals surface area (Å²) in [7, 11) is 0. The number of rotatable bonds is 13. The van der Waals surface area contributed by atoms with Gasteiger partial charge in [-0.2, -0.15) is 0 Å². The third-order valence-electron chi connectivity index (χ3n) is 4.35. The minimum absolute atomic E-state index is 0.0459. The lowest BCUT2D eigenvalue weighted by Gasteiger charge is -2.09. The van der Waals surface area contributed by atoms with Crippen LogP contribution in [0.15, 0.2) is 48.5 Å². The van der Waals surface area contributed by atoms with Crippen molar-refractivity contribution in [2.45, 2.75) is 0 Å². The number of amides is 2. The van der Waals surface area contributed by atoms with Crippen LogP contribution in [0.1, 0.15) is 31.8 Å². The van der Waals surface area contributed by atoms with Crippen molar-refractivity contribution in [2.24, 2.45) is 11.5 Å². The molecule has 0 unspecified atom stereocenters. The normalized spacial score (nSPS) is 10.4. The molecule has 10 nitrogen and oxygen atoms in total. The van der Waals surface area contributed by atoms with Crippen LogP contribution in [0.4, 0.5) is 0 Å². The molecule has 2 amide bonds. The molecular weight excluding hydrogens is 412 g/mol. The van der Waals surface area contributed by atoms with E-state index in [1.165, 1.54) is 0 Å². The second-order valence-corrected chi connectivity index (χ2v) is 6.72.